The summed E-state index contributed by atoms with van der Waals surface area (Å²) in [5.41, 5.74) is 6.45. The molecule has 126 valence electrons. The Morgan fingerprint density at radius 3 is 2.64 bits per heavy atom. The van der Waals surface area contributed by atoms with Crippen LogP contribution in [0.4, 0.5) is 4.39 Å². The molecule has 22 heavy (non-hydrogen) atoms. The topological polar surface area (TPSA) is 58.4 Å². The Kier molecular flexibility index (Phi) is 10.3. The third-order valence-electron chi connectivity index (χ3n) is 3.65. The summed E-state index contributed by atoms with van der Waals surface area (Å²) in [5.74, 6) is -0.149. The minimum atomic E-state index is -0.230. The molecular weight excluding hydrogens is 328 g/mol. The summed E-state index contributed by atoms with van der Waals surface area (Å²) in [6.07, 6.45) is 2.71. The fourth-order valence-corrected chi connectivity index (χ4v) is 2.57. The van der Waals surface area contributed by atoms with E-state index in [0.717, 1.165) is 31.4 Å². The number of amides is 1. The number of carbonyl (C=O) groups is 1. The predicted octanol–water partition coefficient (Wildman–Crippen LogP) is 2.10. The number of benzene rings is 1. The van der Waals surface area contributed by atoms with Crippen molar-refractivity contribution in [2.24, 2.45) is 5.73 Å². The molecule has 1 amide bonds. The van der Waals surface area contributed by atoms with Gasteiger partial charge in [-0.25, -0.2) is 4.39 Å². The zero-order valence-electron chi connectivity index (χ0n) is 12.5. The van der Waals surface area contributed by atoms with Crippen molar-refractivity contribution in [3.63, 3.8) is 0 Å². The van der Waals surface area contributed by atoms with Crippen LogP contribution in [0.15, 0.2) is 24.3 Å². The van der Waals surface area contributed by atoms with Crippen LogP contribution in [-0.4, -0.2) is 36.5 Å². The number of likely N-dealkylation sites (tertiary alicyclic amines) is 1. The fraction of sp³-hybridized carbons (Fsp3) is 0.533. The SMILES string of the molecule is Cl.Cl.NCCCNC(=O)C1CCCN1Cc1ccc(F)cc1. The van der Waals surface area contributed by atoms with Gasteiger partial charge < -0.3 is 11.1 Å². The van der Waals surface area contributed by atoms with E-state index in [-0.39, 0.29) is 42.6 Å². The molecule has 4 nitrogen and oxygen atoms in total. The van der Waals surface area contributed by atoms with Gasteiger partial charge in [-0.1, -0.05) is 12.1 Å². The molecular formula is C15H24Cl2FN3O. The van der Waals surface area contributed by atoms with Crippen molar-refractivity contribution in [1.82, 2.24) is 10.2 Å². The summed E-state index contributed by atoms with van der Waals surface area (Å²) in [5, 5.41) is 2.93. The van der Waals surface area contributed by atoms with E-state index < -0.39 is 0 Å². The number of nitrogens with zero attached hydrogens (tertiary/aromatic N) is 1. The smallest absolute Gasteiger partial charge is 0.237 e. The number of halogens is 3. The van der Waals surface area contributed by atoms with Gasteiger partial charge in [0.1, 0.15) is 5.82 Å². The van der Waals surface area contributed by atoms with Crippen LogP contribution in [-0.2, 0) is 11.3 Å². The van der Waals surface area contributed by atoms with E-state index >= 15 is 0 Å². The highest BCUT2D eigenvalue weighted by atomic mass is 35.5. The average molecular weight is 352 g/mol. The first kappa shape index (κ1) is 21.1. The van der Waals surface area contributed by atoms with Gasteiger partial charge in [0.2, 0.25) is 5.91 Å². The Hall–Kier alpha value is -0.880. The number of hydrogen-bond acceptors (Lipinski definition) is 3. The van der Waals surface area contributed by atoms with Gasteiger partial charge in [-0.05, 0) is 50.0 Å². The second-order valence-electron chi connectivity index (χ2n) is 5.19. The van der Waals surface area contributed by atoms with Crippen molar-refractivity contribution < 1.29 is 9.18 Å². The summed E-state index contributed by atoms with van der Waals surface area (Å²) in [7, 11) is 0. The van der Waals surface area contributed by atoms with E-state index in [4.69, 9.17) is 5.73 Å². The Balaban J connectivity index is 0.00000220. The van der Waals surface area contributed by atoms with E-state index in [0.29, 0.717) is 19.6 Å². The largest absolute Gasteiger partial charge is 0.355 e. The van der Waals surface area contributed by atoms with Crippen molar-refractivity contribution in [2.45, 2.75) is 31.8 Å². The lowest BCUT2D eigenvalue weighted by Gasteiger charge is -2.23. The third-order valence-corrected chi connectivity index (χ3v) is 3.65. The van der Waals surface area contributed by atoms with Crippen LogP contribution in [0.25, 0.3) is 0 Å². The average Bonchev–Trinajstić information content (AvgIpc) is 2.90. The summed E-state index contributed by atoms with van der Waals surface area (Å²) in [6, 6.07) is 6.40. The van der Waals surface area contributed by atoms with E-state index in [1.807, 2.05) is 0 Å². The molecule has 1 fully saturated rings. The lowest BCUT2D eigenvalue weighted by molar-refractivity contribution is -0.125. The van der Waals surface area contributed by atoms with Crippen molar-refractivity contribution in [3.8, 4) is 0 Å². The minimum absolute atomic E-state index is 0. The standard InChI is InChI=1S/C15H22FN3O.2ClH/c16-13-6-4-12(5-7-13)11-19-10-1-3-14(19)15(20)18-9-2-8-17;;/h4-7,14H,1-3,8-11,17H2,(H,18,20);2*1H. The van der Waals surface area contributed by atoms with Gasteiger partial charge in [0, 0.05) is 13.1 Å². The van der Waals surface area contributed by atoms with Crippen LogP contribution in [0.3, 0.4) is 0 Å². The van der Waals surface area contributed by atoms with Gasteiger partial charge in [0.05, 0.1) is 6.04 Å². The van der Waals surface area contributed by atoms with Crippen molar-refractivity contribution in [2.75, 3.05) is 19.6 Å². The van der Waals surface area contributed by atoms with Crippen LogP contribution in [0.5, 0.6) is 0 Å². The lowest BCUT2D eigenvalue weighted by atomic mass is 10.1. The maximum atomic E-state index is 12.9. The van der Waals surface area contributed by atoms with Gasteiger partial charge in [0.25, 0.3) is 0 Å². The third kappa shape index (κ3) is 6.08. The molecule has 0 aromatic heterocycles. The Bertz CT molecular complexity index is 445. The van der Waals surface area contributed by atoms with E-state index in [1.54, 1.807) is 12.1 Å². The molecule has 1 aromatic carbocycles. The second-order valence-corrected chi connectivity index (χ2v) is 5.19. The fourth-order valence-electron chi connectivity index (χ4n) is 2.57. The predicted molar refractivity (Wildman–Crippen MR) is 91.0 cm³/mol. The highest BCUT2D eigenvalue weighted by Crippen LogP contribution is 2.20. The van der Waals surface area contributed by atoms with Gasteiger partial charge >= 0.3 is 0 Å². The van der Waals surface area contributed by atoms with Crippen LogP contribution in [0.2, 0.25) is 0 Å². The molecule has 1 aliphatic rings. The second kappa shape index (κ2) is 10.8. The zero-order valence-corrected chi connectivity index (χ0v) is 14.1. The van der Waals surface area contributed by atoms with E-state index in [1.165, 1.54) is 12.1 Å². The van der Waals surface area contributed by atoms with Crippen molar-refractivity contribution in [1.29, 1.82) is 0 Å². The molecule has 0 spiro atoms. The highest BCUT2D eigenvalue weighted by Gasteiger charge is 2.30. The monoisotopic (exact) mass is 351 g/mol. The van der Waals surface area contributed by atoms with Crippen LogP contribution in [0, 0.1) is 5.82 Å². The summed E-state index contributed by atoms with van der Waals surface area (Å²) >= 11 is 0. The molecule has 0 saturated carbocycles. The molecule has 1 atom stereocenters. The quantitative estimate of drug-likeness (QED) is 0.771. The number of carbonyl (C=O) groups excluding carboxylic acids is 1. The number of rotatable bonds is 6. The first-order chi connectivity index (χ1) is 9.70. The number of nitrogens with two attached hydrogens (primary N) is 1. The first-order valence-corrected chi connectivity index (χ1v) is 7.17. The lowest BCUT2D eigenvalue weighted by Crippen LogP contribution is -2.43. The van der Waals surface area contributed by atoms with Crippen LogP contribution >= 0.6 is 24.8 Å². The maximum Gasteiger partial charge on any atom is 0.237 e. The minimum Gasteiger partial charge on any atom is -0.355 e. The molecule has 1 aliphatic heterocycles. The molecule has 1 aromatic rings. The Morgan fingerprint density at radius 2 is 2.00 bits per heavy atom. The van der Waals surface area contributed by atoms with Crippen LogP contribution in [0.1, 0.15) is 24.8 Å². The van der Waals surface area contributed by atoms with Gasteiger partial charge in [-0.2, -0.15) is 0 Å². The number of nitrogens with one attached hydrogen (secondary N) is 1. The molecule has 0 radical (unpaired) electrons. The molecule has 0 bridgehead atoms. The molecule has 7 heteroatoms. The number of hydrogen-bond donors (Lipinski definition) is 2. The zero-order chi connectivity index (χ0) is 14.4. The van der Waals surface area contributed by atoms with Gasteiger partial charge in [0.15, 0.2) is 0 Å². The molecule has 1 heterocycles. The van der Waals surface area contributed by atoms with Crippen molar-refractivity contribution >= 4 is 30.7 Å². The van der Waals surface area contributed by atoms with Crippen molar-refractivity contribution in [3.05, 3.63) is 35.6 Å². The molecule has 2 rings (SSSR count). The summed E-state index contributed by atoms with van der Waals surface area (Å²) in [4.78, 5) is 14.3. The van der Waals surface area contributed by atoms with E-state index in [2.05, 4.69) is 10.2 Å². The first-order valence-electron chi connectivity index (χ1n) is 7.17. The summed E-state index contributed by atoms with van der Waals surface area (Å²) in [6.45, 7) is 2.82. The van der Waals surface area contributed by atoms with Gasteiger partial charge in [-0.15, -0.1) is 24.8 Å². The molecule has 0 aliphatic carbocycles. The summed E-state index contributed by atoms with van der Waals surface area (Å²) < 4.78 is 12.9. The van der Waals surface area contributed by atoms with Crippen LogP contribution < -0.4 is 11.1 Å². The highest BCUT2D eigenvalue weighted by molar-refractivity contribution is 5.85. The van der Waals surface area contributed by atoms with E-state index in [9.17, 15) is 9.18 Å². The Labute approximate surface area is 143 Å². The molecule has 1 saturated heterocycles. The Morgan fingerprint density at radius 1 is 1.32 bits per heavy atom. The maximum absolute atomic E-state index is 12.9. The molecule has 1 unspecified atom stereocenters. The normalized spacial score (nSPS) is 17.5. The van der Waals surface area contributed by atoms with Gasteiger partial charge in [-0.3, -0.25) is 9.69 Å². The molecule has 3 N–H and O–H groups in total.